The van der Waals surface area contributed by atoms with Gasteiger partial charge in [-0.05, 0) is 91.4 Å². The van der Waals surface area contributed by atoms with Crippen molar-refractivity contribution in [3.63, 3.8) is 0 Å². The van der Waals surface area contributed by atoms with Crippen LogP contribution in [-0.2, 0) is 9.59 Å². The topological polar surface area (TPSA) is 54.4 Å². The van der Waals surface area contributed by atoms with E-state index in [0.717, 1.165) is 12.8 Å². The molecule has 4 aliphatic rings. The molecule has 0 aromatic carbocycles. The highest BCUT2D eigenvalue weighted by atomic mass is 16.3. The van der Waals surface area contributed by atoms with Crippen molar-refractivity contribution in [3.05, 3.63) is 11.6 Å². The molecule has 0 heterocycles. The lowest BCUT2D eigenvalue weighted by Gasteiger charge is -2.57. The van der Waals surface area contributed by atoms with Crippen LogP contribution < -0.4 is 0 Å². The van der Waals surface area contributed by atoms with Gasteiger partial charge in [0.1, 0.15) is 5.78 Å². The molecule has 3 nitrogen and oxygen atoms in total. The summed E-state index contributed by atoms with van der Waals surface area (Å²) < 4.78 is 0. The lowest BCUT2D eigenvalue weighted by Crippen LogP contribution is -2.52. The molecule has 3 fully saturated rings. The van der Waals surface area contributed by atoms with Gasteiger partial charge >= 0.3 is 0 Å². The SMILES string of the molecule is CC(C)CC(=O)C[C@@H](C)[C@H]1CC[C@H]2C3=CC(=O)C4C[C@@H](O)CC[C@]4(C)[C@H]3CC[C@]12C. The molecule has 0 aliphatic heterocycles. The fourth-order valence-electron chi connectivity index (χ4n) is 8.36. The van der Waals surface area contributed by atoms with Crippen LogP contribution >= 0.6 is 0 Å². The molecule has 0 saturated heterocycles. The van der Waals surface area contributed by atoms with Gasteiger partial charge in [-0.25, -0.2) is 0 Å². The van der Waals surface area contributed by atoms with E-state index in [-0.39, 0.29) is 28.6 Å². The van der Waals surface area contributed by atoms with E-state index in [2.05, 4.69) is 34.6 Å². The number of aliphatic hydroxyl groups is 1. The molecule has 0 aromatic rings. The maximum atomic E-state index is 13.2. The minimum atomic E-state index is -0.309. The van der Waals surface area contributed by atoms with Crippen LogP contribution in [0.3, 0.4) is 0 Å². The fraction of sp³-hybridized carbons (Fsp3) is 0.852. The Bertz CT molecular complexity index is 736. The first-order valence-corrected chi connectivity index (χ1v) is 12.5. The minimum Gasteiger partial charge on any atom is -0.393 e. The van der Waals surface area contributed by atoms with Crippen molar-refractivity contribution in [2.45, 2.75) is 98.5 Å². The summed E-state index contributed by atoms with van der Waals surface area (Å²) in [6, 6.07) is 0. The van der Waals surface area contributed by atoms with Gasteiger partial charge in [0.2, 0.25) is 0 Å². The summed E-state index contributed by atoms with van der Waals surface area (Å²) in [6.45, 7) is 11.3. The number of ketones is 2. The molecular formula is C27H42O3. The van der Waals surface area contributed by atoms with Gasteiger partial charge in [0.15, 0.2) is 5.78 Å². The molecule has 0 bridgehead atoms. The minimum absolute atomic E-state index is 0.00383. The maximum absolute atomic E-state index is 13.2. The van der Waals surface area contributed by atoms with Crippen molar-refractivity contribution in [3.8, 4) is 0 Å². The van der Waals surface area contributed by atoms with E-state index in [1.165, 1.54) is 31.3 Å². The Labute approximate surface area is 183 Å². The number of hydrogen-bond acceptors (Lipinski definition) is 3. The van der Waals surface area contributed by atoms with Gasteiger partial charge in [-0.3, -0.25) is 9.59 Å². The summed E-state index contributed by atoms with van der Waals surface area (Å²) in [7, 11) is 0. The van der Waals surface area contributed by atoms with E-state index >= 15 is 0 Å². The van der Waals surface area contributed by atoms with Crippen LogP contribution in [0.2, 0.25) is 0 Å². The molecule has 1 N–H and O–H groups in total. The molecule has 0 radical (unpaired) electrons. The average Bonchev–Trinajstić information content (AvgIpc) is 3.00. The van der Waals surface area contributed by atoms with Crippen LogP contribution in [0.15, 0.2) is 11.6 Å². The molecule has 4 aliphatic carbocycles. The standard InChI is InChI=1S/C27H42O3/c1-16(2)12-19(29)13-17(3)21-6-7-22-20-15-25(30)24-14-18(28)8-10-27(24,5)23(20)9-11-26(21,22)4/h15-18,21-24,28H,6-14H2,1-5H3/t17-,18+,21-,22+,23+,24?,26-,27-/m1/s1. The van der Waals surface area contributed by atoms with E-state index in [1.54, 1.807) is 0 Å². The first-order chi connectivity index (χ1) is 14.1. The zero-order chi connectivity index (χ0) is 21.8. The third-order valence-electron chi connectivity index (χ3n) is 9.83. The zero-order valence-corrected chi connectivity index (χ0v) is 19.7. The monoisotopic (exact) mass is 414 g/mol. The number of carbonyl (C=O) groups is 2. The molecule has 0 spiro atoms. The smallest absolute Gasteiger partial charge is 0.159 e. The normalized spacial score (nSPS) is 44.2. The zero-order valence-electron chi connectivity index (χ0n) is 19.7. The number of carbonyl (C=O) groups excluding carboxylic acids is 2. The van der Waals surface area contributed by atoms with E-state index in [9.17, 15) is 14.7 Å². The highest BCUT2D eigenvalue weighted by Gasteiger charge is 2.59. The molecule has 3 heteroatoms. The number of allylic oxidation sites excluding steroid dienone is 2. The Kier molecular flexibility index (Phi) is 5.83. The van der Waals surface area contributed by atoms with Crippen LogP contribution in [0, 0.1) is 46.3 Å². The second-order valence-corrected chi connectivity index (χ2v) is 12.2. The summed E-state index contributed by atoms with van der Waals surface area (Å²) in [5, 5.41) is 10.2. The maximum Gasteiger partial charge on any atom is 0.159 e. The summed E-state index contributed by atoms with van der Waals surface area (Å²) in [4.78, 5) is 25.7. The van der Waals surface area contributed by atoms with Crippen LogP contribution in [0.1, 0.15) is 92.4 Å². The number of hydrogen-bond donors (Lipinski definition) is 1. The summed E-state index contributed by atoms with van der Waals surface area (Å²) in [5.41, 5.74) is 1.68. The molecule has 30 heavy (non-hydrogen) atoms. The summed E-state index contributed by atoms with van der Waals surface area (Å²) in [5.74, 6) is 3.14. The summed E-state index contributed by atoms with van der Waals surface area (Å²) in [6.07, 6.45) is 10.3. The third kappa shape index (κ3) is 3.53. The lowest BCUT2D eigenvalue weighted by atomic mass is 9.47. The fourth-order valence-corrected chi connectivity index (χ4v) is 8.36. The van der Waals surface area contributed by atoms with Crippen molar-refractivity contribution >= 4 is 11.6 Å². The van der Waals surface area contributed by atoms with Gasteiger partial charge in [0, 0.05) is 18.8 Å². The highest BCUT2D eigenvalue weighted by Crippen LogP contribution is 2.66. The Balaban J connectivity index is 1.56. The van der Waals surface area contributed by atoms with Crippen molar-refractivity contribution in [1.29, 1.82) is 0 Å². The Morgan fingerprint density at radius 1 is 1.00 bits per heavy atom. The van der Waals surface area contributed by atoms with E-state index in [4.69, 9.17) is 0 Å². The Hall–Kier alpha value is -0.960. The van der Waals surface area contributed by atoms with Crippen molar-refractivity contribution in [2.75, 3.05) is 0 Å². The van der Waals surface area contributed by atoms with E-state index in [0.29, 0.717) is 54.6 Å². The van der Waals surface area contributed by atoms with E-state index < -0.39 is 0 Å². The van der Waals surface area contributed by atoms with E-state index in [1.807, 2.05) is 6.08 Å². The molecular weight excluding hydrogens is 372 g/mol. The predicted molar refractivity (Wildman–Crippen MR) is 120 cm³/mol. The lowest BCUT2D eigenvalue weighted by molar-refractivity contribution is -0.132. The number of fused-ring (bicyclic) bond motifs is 5. The third-order valence-corrected chi connectivity index (χ3v) is 9.83. The first kappa shape index (κ1) is 22.2. The van der Waals surface area contributed by atoms with Crippen LogP contribution in [-0.4, -0.2) is 22.8 Å². The number of rotatable bonds is 5. The second kappa shape index (κ2) is 7.87. The van der Waals surface area contributed by atoms with Gasteiger partial charge in [0.05, 0.1) is 6.10 Å². The second-order valence-electron chi connectivity index (χ2n) is 12.2. The van der Waals surface area contributed by atoms with Crippen molar-refractivity contribution in [2.24, 2.45) is 46.3 Å². The van der Waals surface area contributed by atoms with Gasteiger partial charge < -0.3 is 5.11 Å². The number of aliphatic hydroxyl groups excluding tert-OH is 1. The predicted octanol–water partition coefficient (Wildman–Crippen LogP) is 5.75. The average molecular weight is 415 g/mol. The quantitative estimate of drug-likeness (QED) is 0.623. The Morgan fingerprint density at radius 3 is 2.37 bits per heavy atom. The van der Waals surface area contributed by atoms with Crippen molar-refractivity contribution in [1.82, 2.24) is 0 Å². The highest BCUT2D eigenvalue weighted by molar-refractivity contribution is 5.94. The molecule has 0 amide bonds. The molecule has 8 atom stereocenters. The molecule has 4 rings (SSSR count). The van der Waals surface area contributed by atoms with Crippen LogP contribution in [0.25, 0.3) is 0 Å². The Morgan fingerprint density at radius 2 is 1.67 bits per heavy atom. The number of Topliss-reactive ketones (excluding diaryl/α,β-unsaturated/α-hetero) is 1. The molecule has 168 valence electrons. The van der Waals surface area contributed by atoms with Gasteiger partial charge in [0.25, 0.3) is 0 Å². The molecule has 1 unspecified atom stereocenters. The summed E-state index contributed by atoms with van der Waals surface area (Å²) >= 11 is 0. The van der Waals surface area contributed by atoms with Gasteiger partial charge in [-0.2, -0.15) is 0 Å². The largest absolute Gasteiger partial charge is 0.393 e. The van der Waals surface area contributed by atoms with Gasteiger partial charge in [-0.1, -0.05) is 40.2 Å². The first-order valence-electron chi connectivity index (χ1n) is 12.5. The molecule has 0 aromatic heterocycles. The van der Waals surface area contributed by atoms with Crippen LogP contribution in [0.5, 0.6) is 0 Å². The van der Waals surface area contributed by atoms with Gasteiger partial charge in [-0.15, -0.1) is 0 Å². The van der Waals surface area contributed by atoms with Crippen LogP contribution in [0.4, 0.5) is 0 Å². The molecule has 3 saturated carbocycles. The van der Waals surface area contributed by atoms with Crippen molar-refractivity contribution < 1.29 is 14.7 Å².